The van der Waals surface area contributed by atoms with Gasteiger partial charge in [0.25, 0.3) is 0 Å². The van der Waals surface area contributed by atoms with Crippen LogP contribution >= 0.6 is 0 Å². The monoisotopic (exact) mass is 294 g/mol. The lowest BCUT2D eigenvalue weighted by Gasteiger charge is -2.24. The zero-order chi connectivity index (χ0) is 15.4. The Balaban J connectivity index is 2.02. The molecule has 0 aliphatic carbocycles. The molecular weight excluding hydrogens is 276 g/mol. The van der Waals surface area contributed by atoms with Gasteiger partial charge >= 0.3 is 0 Å². The molecule has 0 spiro atoms. The van der Waals surface area contributed by atoms with E-state index in [-0.39, 0.29) is 19.1 Å². The van der Waals surface area contributed by atoms with Crippen molar-refractivity contribution in [3.63, 3.8) is 0 Å². The average Bonchev–Trinajstić information content (AvgIpc) is 2.58. The Morgan fingerprint density at radius 1 is 0.955 bits per heavy atom. The van der Waals surface area contributed by atoms with Crippen molar-refractivity contribution < 1.29 is 9.90 Å². The van der Waals surface area contributed by atoms with E-state index in [0.717, 1.165) is 22.4 Å². The number of carbonyl (C=O) groups is 1. The van der Waals surface area contributed by atoms with E-state index >= 15 is 0 Å². The second-order valence-corrected chi connectivity index (χ2v) is 5.20. The lowest BCUT2D eigenvalue weighted by atomic mass is 9.94. The van der Waals surface area contributed by atoms with Gasteiger partial charge in [-0.1, -0.05) is 54.6 Å². The van der Waals surface area contributed by atoms with E-state index in [1.807, 2.05) is 36.4 Å². The lowest BCUT2D eigenvalue weighted by Crippen LogP contribution is -2.34. The maximum absolute atomic E-state index is 11.8. The molecule has 1 amide bonds. The van der Waals surface area contributed by atoms with Crippen LogP contribution in [0.3, 0.4) is 0 Å². The van der Waals surface area contributed by atoms with E-state index in [0.29, 0.717) is 12.8 Å². The van der Waals surface area contributed by atoms with Gasteiger partial charge in [0.2, 0.25) is 5.91 Å². The predicted octanol–water partition coefficient (Wildman–Crippen LogP) is 2.67. The summed E-state index contributed by atoms with van der Waals surface area (Å²) in [5, 5.41) is 14.9. The molecule has 0 saturated heterocycles. The molecule has 1 aliphatic rings. The smallest absolute Gasteiger partial charge is 0.243 e. The number of aliphatic hydroxyl groups excluding tert-OH is 1. The fourth-order valence-corrected chi connectivity index (χ4v) is 2.67. The molecule has 112 valence electrons. The van der Waals surface area contributed by atoms with Crippen molar-refractivity contribution in [2.45, 2.75) is 12.8 Å². The first-order valence-corrected chi connectivity index (χ1v) is 7.43. The zero-order valence-electron chi connectivity index (χ0n) is 12.3. The van der Waals surface area contributed by atoms with Crippen molar-refractivity contribution in [1.29, 1.82) is 0 Å². The SMILES string of the molecule is O=C1CCC(c2ccccc2-c2ccccc2)=NN1CCO. The van der Waals surface area contributed by atoms with Crippen LogP contribution in [0.2, 0.25) is 0 Å². The summed E-state index contributed by atoms with van der Waals surface area (Å²) in [5.74, 6) is -0.0324. The number of carbonyl (C=O) groups excluding carboxylic acids is 1. The Morgan fingerprint density at radius 2 is 1.64 bits per heavy atom. The fourth-order valence-electron chi connectivity index (χ4n) is 2.67. The number of β-amino-alcohol motifs (C(OH)–C–C–N with tert-alkyl or cyclic N) is 1. The van der Waals surface area contributed by atoms with Crippen molar-refractivity contribution in [1.82, 2.24) is 5.01 Å². The van der Waals surface area contributed by atoms with E-state index in [1.54, 1.807) is 0 Å². The molecule has 1 heterocycles. The highest BCUT2D eigenvalue weighted by atomic mass is 16.3. The van der Waals surface area contributed by atoms with Crippen LogP contribution < -0.4 is 0 Å². The lowest BCUT2D eigenvalue weighted by molar-refractivity contribution is -0.132. The number of nitrogens with zero attached hydrogens (tertiary/aromatic N) is 2. The van der Waals surface area contributed by atoms with Gasteiger partial charge in [-0.25, -0.2) is 5.01 Å². The van der Waals surface area contributed by atoms with Crippen molar-refractivity contribution in [2.75, 3.05) is 13.2 Å². The van der Waals surface area contributed by atoms with Gasteiger partial charge in [0.05, 0.1) is 18.9 Å². The van der Waals surface area contributed by atoms with Gasteiger partial charge in [0.1, 0.15) is 0 Å². The zero-order valence-corrected chi connectivity index (χ0v) is 12.3. The Hall–Kier alpha value is -2.46. The largest absolute Gasteiger partial charge is 0.394 e. The molecule has 0 saturated carbocycles. The first kappa shape index (κ1) is 14.5. The topological polar surface area (TPSA) is 52.9 Å². The molecule has 0 fully saturated rings. The number of hydrogen-bond donors (Lipinski definition) is 1. The van der Waals surface area contributed by atoms with E-state index < -0.39 is 0 Å². The van der Waals surface area contributed by atoms with Crippen LogP contribution in [0.1, 0.15) is 18.4 Å². The predicted molar refractivity (Wildman–Crippen MR) is 86.4 cm³/mol. The van der Waals surface area contributed by atoms with Crippen LogP contribution in [0, 0.1) is 0 Å². The first-order chi connectivity index (χ1) is 10.8. The minimum atomic E-state index is -0.0805. The number of hydrazone groups is 1. The number of aliphatic hydroxyl groups is 1. The minimum Gasteiger partial charge on any atom is -0.394 e. The molecule has 0 aromatic heterocycles. The van der Waals surface area contributed by atoms with E-state index in [4.69, 9.17) is 5.11 Å². The summed E-state index contributed by atoms with van der Waals surface area (Å²) in [6.45, 7) is 0.165. The molecule has 1 N–H and O–H groups in total. The van der Waals surface area contributed by atoms with Crippen LogP contribution in [0.15, 0.2) is 59.7 Å². The number of hydrogen-bond acceptors (Lipinski definition) is 3. The molecule has 0 bridgehead atoms. The second-order valence-electron chi connectivity index (χ2n) is 5.20. The molecule has 4 nitrogen and oxygen atoms in total. The average molecular weight is 294 g/mol. The Kier molecular flexibility index (Phi) is 4.30. The highest BCUT2D eigenvalue weighted by Crippen LogP contribution is 2.26. The molecule has 1 aliphatic heterocycles. The molecule has 0 unspecified atom stereocenters. The van der Waals surface area contributed by atoms with Crippen LogP contribution in [0.4, 0.5) is 0 Å². The summed E-state index contributed by atoms with van der Waals surface area (Å²) < 4.78 is 0. The van der Waals surface area contributed by atoms with Crippen molar-refractivity contribution in [3.05, 3.63) is 60.2 Å². The molecular formula is C18H18N2O2. The van der Waals surface area contributed by atoms with Gasteiger partial charge in [-0.3, -0.25) is 4.79 Å². The van der Waals surface area contributed by atoms with Crippen molar-refractivity contribution >= 4 is 11.6 Å². The second kappa shape index (κ2) is 6.54. The molecule has 0 atom stereocenters. The van der Waals surface area contributed by atoms with Crippen LogP contribution in [0.5, 0.6) is 0 Å². The van der Waals surface area contributed by atoms with Crippen LogP contribution in [-0.4, -0.2) is 34.9 Å². The maximum atomic E-state index is 11.8. The van der Waals surface area contributed by atoms with Gasteiger partial charge in [-0.05, 0) is 11.1 Å². The van der Waals surface area contributed by atoms with Gasteiger partial charge in [0.15, 0.2) is 0 Å². The highest BCUT2D eigenvalue weighted by molar-refractivity contribution is 6.08. The number of amides is 1. The number of benzene rings is 2. The summed E-state index contributed by atoms with van der Waals surface area (Å²) >= 11 is 0. The standard InChI is InChI=1S/C18H18N2O2/c21-13-12-20-18(22)11-10-17(19-20)16-9-5-4-8-15(16)14-6-2-1-3-7-14/h1-9,21H,10-13H2. The van der Waals surface area contributed by atoms with Gasteiger partial charge < -0.3 is 5.11 Å². The molecule has 22 heavy (non-hydrogen) atoms. The third-order valence-corrected chi connectivity index (χ3v) is 3.74. The third-order valence-electron chi connectivity index (χ3n) is 3.74. The molecule has 3 rings (SSSR count). The number of rotatable bonds is 4. The Bertz CT molecular complexity index is 695. The van der Waals surface area contributed by atoms with Crippen molar-refractivity contribution in [3.8, 4) is 11.1 Å². The summed E-state index contributed by atoms with van der Waals surface area (Å²) in [6.07, 6.45) is 1.06. The van der Waals surface area contributed by atoms with E-state index in [2.05, 4.69) is 23.3 Å². The van der Waals surface area contributed by atoms with E-state index in [9.17, 15) is 4.79 Å². The van der Waals surface area contributed by atoms with Crippen LogP contribution in [-0.2, 0) is 4.79 Å². The molecule has 2 aromatic carbocycles. The summed E-state index contributed by atoms with van der Waals surface area (Å²) in [7, 11) is 0. The highest BCUT2D eigenvalue weighted by Gasteiger charge is 2.22. The first-order valence-electron chi connectivity index (χ1n) is 7.43. The van der Waals surface area contributed by atoms with Crippen molar-refractivity contribution in [2.24, 2.45) is 5.10 Å². The fraction of sp³-hybridized carbons (Fsp3) is 0.222. The maximum Gasteiger partial charge on any atom is 0.243 e. The Morgan fingerprint density at radius 3 is 2.36 bits per heavy atom. The van der Waals surface area contributed by atoms with Gasteiger partial charge in [-0.2, -0.15) is 5.10 Å². The summed E-state index contributed by atoms with van der Waals surface area (Å²) in [4.78, 5) is 11.8. The van der Waals surface area contributed by atoms with Gasteiger partial charge in [0, 0.05) is 18.4 Å². The summed E-state index contributed by atoms with van der Waals surface area (Å²) in [6, 6.07) is 18.2. The molecule has 2 aromatic rings. The van der Waals surface area contributed by atoms with Gasteiger partial charge in [-0.15, -0.1) is 0 Å². The normalized spacial score (nSPS) is 14.9. The molecule has 0 radical (unpaired) electrons. The van der Waals surface area contributed by atoms with E-state index in [1.165, 1.54) is 5.01 Å². The quantitative estimate of drug-likeness (QED) is 0.942. The third kappa shape index (κ3) is 2.92. The summed E-state index contributed by atoms with van der Waals surface area (Å²) in [5.41, 5.74) is 4.18. The Labute approximate surface area is 129 Å². The minimum absolute atomic E-state index is 0.0324. The molecule has 4 heteroatoms. The van der Waals surface area contributed by atoms with Crippen LogP contribution in [0.25, 0.3) is 11.1 Å².